The van der Waals surface area contributed by atoms with E-state index in [-0.39, 0.29) is 12.5 Å². The Bertz CT molecular complexity index is 461. The van der Waals surface area contributed by atoms with Gasteiger partial charge in [0.25, 0.3) is 0 Å². The molecule has 0 saturated heterocycles. The van der Waals surface area contributed by atoms with Crippen LogP contribution in [0.15, 0.2) is 24.3 Å². The van der Waals surface area contributed by atoms with E-state index in [0.717, 1.165) is 24.2 Å². The number of ether oxygens (including phenoxy) is 1. The second kappa shape index (κ2) is 8.03. The SMILES string of the molecule is COc1ccccc1CC(=O)NCC1CCCCC1CO. The Kier molecular flexibility index (Phi) is 6.05. The number of rotatable bonds is 6. The summed E-state index contributed by atoms with van der Waals surface area (Å²) in [6.45, 7) is 0.895. The third kappa shape index (κ3) is 4.46. The quantitative estimate of drug-likeness (QED) is 0.844. The predicted molar refractivity (Wildman–Crippen MR) is 82.2 cm³/mol. The molecule has 0 bridgehead atoms. The van der Waals surface area contributed by atoms with Crippen molar-refractivity contribution in [2.24, 2.45) is 11.8 Å². The molecular weight excluding hydrogens is 266 g/mol. The average molecular weight is 291 g/mol. The number of aliphatic hydroxyl groups is 1. The van der Waals surface area contributed by atoms with E-state index in [2.05, 4.69) is 5.32 Å². The largest absolute Gasteiger partial charge is 0.496 e. The van der Waals surface area contributed by atoms with Gasteiger partial charge >= 0.3 is 0 Å². The van der Waals surface area contributed by atoms with Crippen LogP contribution in [0, 0.1) is 11.8 Å². The van der Waals surface area contributed by atoms with Crippen molar-refractivity contribution < 1.29 is 14.6 Å². The van der Waals surface area contributed by atoms with E-state index in [9.17, 15) is 9.90 Å². The fourth-order valence-corrected chi connectivity index (χ4v) is 3.12. The molecule has 0 aromatic heterocycles. The van der Waals surface area contributed by atoms with Crippen molar-refractivity contribution >= 4 is 5.91 Å². The van der Waals surface area contributed by atoms with Crippen molar-refractivity contribution in [3.8, 4) is 5.75 Å². The van der Waals surface area contributed by atoms with Gasteiger partial charge in [-0.05, 0) is 30.7 Å². The molecule has 0 aliphatic heterocycles. The first-order valence-electron chi connectivity index (χ1n) is 7.74. The third-order valence-electron chi connectivity index (χ3n) is 4.41. The standard InChI is InChI=1S/C17H25NO3/c1-21-16-9-5-4-6-13(16)10-17(20)18-11-14-7-2-3-8-15(14)12-19/h4-6,9,14-15,19H,2-3,7-8,10-12H2,1H3,(H,18,20). The molecule has 0 radical (unpaired) electrons. The smallest absolute Gasteiger partial charge is 0.224 e. The van der Waals surface area contributed by atoms with Crippen LogP contribution in [-0.2, 0) is 11.2 Å². The van der Waals surface area contributed by atoms with Gasteiger partial charge in [0, 0.05) is 18.7 Å². The summed E-state index contributed by atoms with van der Waals surface area (Å²) >= 11 is 0. The lowest BCUT2D eigenvalue weighted by atomic mass is 9.79. The van der Waals surface area contributed by atoms with Crippen LogP contribution in [0.3, 0.4) is 0 Å². The Hall–Kier alpha value is -1.55. The molecule has 2 rings (SSSR count). The Morgan fingerprint density at radius 3 is 2.71 bits per heavy atom. The fourth-order valence-electron chi connectivity index (χ4n) is 3.12. The van der Waals surface area contributed by atoms with Gasteiger partial charge in [0.05, 0.1) is 13.5 Å². The molecule has 0 spiro atoms. The molecule has 0 heterocycles. The van der Waals surface area contributed by atoms with Crippen LogP contribution < -0.4 is 10.1 Å². The topological polar surface area (TPSA) is 58.6 Å². The second-order valence-electron chi connectivity index (χ2n) is 5.78. The number of hydrogen-bond donors (Lipinski definition) is 2. The van der Waals surface area contributed by atoms with E-state index in [1.807, 2.05) is 24.3 Å². The lowest BCUT2D eigenvalue weighted by molar-refractivity contribution is -0.120. The van der Waals surface area contributed by atoms with Crippen molar-refractivity contribution in [3.05, 3.63) is 29.8 Å². The molecule has 1 fully saturated rings. The second-order valence-corrected chi connectivity index (χ2v) is 5.78. The Morgan fingerprint density at radius 1 is 1.29 bits per heavy atom. The van der Waals surface area contributed by atoms with Gasteiger partial charge in [0.2, 0.25) is 5.91 Å². The molecule has 1 aliphatic carbocycles. The molecule has 4 heteroatoms. The summed E-state index contributed by atoms with van der Waals surface area (Å²) in [5, 5.41) is 12.4. The highest BCUT2D eigenvalue weighted by Crippen LogP contribution is 2.29. The lowest BCUT2D eigenvalue weighted by Gasteiger charge is -2.30. The van der Waals surface area contributed by atoms with E-state index in [4.69, 9.17) is 4.74 Å². The van der Waals surface area contributed by atoms with Crippen LogP contribution in [0.1, 0.15) is 31.2 Å². The molecular formula is C17H25NO3. The van der Waals surface area contributed by atoms with E-state index < -0.39 is 0 Å². The van der Waals surface area contributed by atoms with Gasteiger partial charge in [-0.3, -0.25) is 4.79 Å². The number of methoxy groups -OCH3 is 1. The van der Waals surface area contributed by atoms with Crippen molar-refractivity contribution in [1.29, 1.82) is 0 Å². The first-order chi connectivity index (χ1) is 10.2. The van der Waals surface area contributed by atoms with Crippen molar-refractivity contribution in [3.63, 3.8) is 0 Å². The number of aliphatic hydroxyl groups excluding tert-OH is 1. The van der Waals surface area contributed by atoms with Gasteiger partial charge in [-0.25, -0.2) is 0 Å². The summed E-state index contributed by atoms with van der Waals surface area (Å²) in [6, 6.07) is 7.59. The Balaban J connectivity index is 1.84. The minimum atomic E-state index is 0.0155. The van der Waals surface area contributed by atoms with Crippen LogP contribution in [0.25, 0.3) is 0 Å². The number of amides is 1. The third-order valence-corrected chi connectivity index (χ3v) is 4.41. The molecule has 1 aromatic carbocycles. The highest BCUT2D eigenvalue weighted by molar-refractivity contribution is 5.79. The molecule has 21 heavy (non-hydrogen) atoms. The molecule has 1 saturated carbocycles. The number of nitrogens with one attached hydrogen (secondary N) is 1. The van der Waals surface area contributed by atoms with Crippen LogP contribution in [0.5, 0.6) is 5.75 Å². The van der Waals surface area contributed by atoms with Gasteiger partial charge in [-0.2, -0.15) is 0 Å². The maximum Gasteiger partial charge on any atom is 0.224 e. The highest BCUT2D eigenvalue weighted by atomic mass is 16.5. The van der Waals surface area contributed by atoms with Gasteiger partial charge in [0.15, 0.2) is 0 Å². The van der Waals surface area contributed by atoms with E-state index >= 15 is 0 Å². The molecule has 2 unspecified atom stereocenters. The summed E-state index contributed by atoms with van der Waals surface area (Å²) in [4.78, 5) is 12.1. The van der Waals surface area contributed by atoms with E-state index in [1.54, 1.807) is 7.11 Å². The van der Waals surface area contributed by atoms with E-state index in [1.165, 1.54) is 12.8 Å². The lowest BCUT2D eigenvalue weighted by Crippen LogP contribution is -2.36. The maximum absolute atomic E-state index is 12.1. The van der Waals surface area contributed by atoms with Gasteiger partial charge in [-0.1, -0.05) is 31.0 Å². The monoisotopic (exact) mass is 291 g/mol. The van der Waals surface area contributed by atoms with Crippen LogP contribution >= 0.6 is 0 Å². The molecule has 1 aliphatic rings. The normalized spacial score (nSPS) is 21.8. The summed E-state index contributed by atoms with van der Waals surface area (Å²) < 4.78 is 5.26. The number of carbonyl (C=O) groups is 1. The predicted octanol–water partition coefficient (Wildman–Crippen LogP) is 2.15. The first kappa shape index (κ1) is 15.8. The summed E-state index contributed by atoms with van der Waals surface area (Å²) in [5.41, 5.74) is 0.903. The molecule has 2 atom stereocenters. The number of benzene rings is 1. The summed E-state index contributed by atoms with van der Waals surface area (Å²) in [5.74, 6) is 1.51. The van der Waals surface area contributed by atoms with Crippen molar-refractivity contribution in [1.82, 2.24) is 5.32 Å². The zero-order valence-electron chi connectivity index (χ0n) is 12.7. The minimum Gasteiger partial charge on any atom is -0.496 e. The first-order valence-corrected chi connectivity index (χ1v) is 7.74. The highest BCUT2D eigenvalue weighted by Gasteiger charge is 2.24. The van der Waals surface area contributed by atoms with Crippen LogP contribution in [0.2, 0.25) is 0 Å². The minimum absolute atomic E-state index is 0.0155. The zero-order valence-corrected chi connectivity index (χ0v) is 12.7. The van der Waals surface area contributed by atoms with Crippen LogP contribution in [-0.4, -0.2) is 31.3 Å². The Morgan fingerprint density at radius 2 is 2.00 bits per heavy atom. The Labute approximate surface area is 126 Å². The summed E-state index contributed by atoms with van der Waals surface area (Å²) in [7, 11) is 1.62. The van der Waals surface area contributed by atoms with Crippen LogP contribution in [0.4, 0.5) is 0 Å². The number of carbonyl (C=O) groups excluding carboxylic acids is 1. The van der Waals surface area contributed by atoms with Gasteiger partial charge in [0.1, 0.15) is 5.75 Å². The zero-order chi connectivity index (χ0) is 15.1. The van der Waals surface area contributed by atoms with Gasteiger partial charge in [-0.15, -0.1) is 0 Å². The number of para-hydroxylation sites is 1. The average Bonchev–Trinajstić information content (AvgIpc) is 2.53. The number of hydrogen-bond acceptors (Lipinski definition) is 3. The van der Waals surface area contributed by atoms with Crippen molar-refractivity contribution in [2.45, 2.75) is 32.1 Å². The van der Waals surface area contributed by atoms with Crippen molar-refractivity contribution in [2.75, 3.05) is 20.3 Å². The molecule has 4 nitrogen and oxygen atoms in total. The fraction of sp³-hybridized carbons (Fsp3) is 0.588. The van der Waals surface area contributed by atoms with E-state index in [0.29, 0.717) is 24.8 Å². The van der Waals surface area contributed by atoms with Gasteiger partial charge < -0.3 is 15.2 Å². The molecule has 1 amide bonds. The maximum atomic E-state index is 12.1. The molecule has 116 valence electrons. The molecule has 1 aromatic rings. The molecule has 2 N–H and O–H groups in total. The summed E-state index contributed by atoms with van der Waals surface area (Å²) in [6.07, 6.45) is 4.89.